The molecule has 0 unspecified atom stereocenters. The van der Waals surface area contributed by atoms with Gasteiger partial charge in [0.2, 0.25) is 0 Å². The Morgan fingerprint density at radius 2 is 2.05 bits per heavy atom. The quantitative estimate of drug-likeness (QED) is 0.923. The van der Waals surface area contributed by atoms with Crippen LogP contribution in [-0.4, -0.2) is 54.3 Å². The molecule has 2 heterocycles. The number of aromatic nitrogens is 1. The summed E-state index contributed by atoms with van der Waals surface area (Å²) >= 11 is 0. The van der Waals surface area contributed by atoms with Gasteiger partial charge in [-0.05, 0) is 32.0 Å². The van der Waals surface area contributed by atoms with Gasteiger partial charge in [0.05, 0.1) is 12.2 Å². The summed E-state index contributed by atoms with van der Waals surface area (Å²) in [5.41, 5.74) is -0.660. The van der Waals surface area contributed by atoms with Crippen molar-refractivity contribution in [3.05, 3.63) is 23.9 Å². The second kappa shape index (κ2) is 6.62. The first-order chi connectivity index (χ1) is 9.91. The van der Waals surface area contributed by atoms with E-state index in [0.29, 0.717) is 31.5 Å². The maximum Gasteiger partial charge on any atom is 0.416 e. The molecule has 1 aromatic rings. The van der Waals surface area contributed by atoms with E-state index in [4.69, 9.17) is 5.11 Å². The number of alkyl halides is 3. The molecule has 118 valence electrons. The first-order valence-electron chi connectivity index (χ1n) is 7.01. The molecule has 1 saturated heterocycles. The third kappa shape index (κ3) is 4.07. The van der Waals surface area contributed by atoms with Crippen LogP contribution < -0.4 is 4.90 Å². The third-order valence-electron chi connectivity index (χ3n) is 3.94. The highest BCUT2D eigenvalue weighted by atomic mass is 19.4. The Kier molecular flexibility index (Phi) is 5.05. The van der Waals surface area contributed by atoms with Crippen LogP contribution in [0.4, 0.5) is 19.0 Å². The predicted octanol–water partition coefficient (Wildman–Crippen LogP) is 1.99. The minimum absolute atomic E-state index is 0.117. The first-order valence-corrected chi connectivity index (χ1v) is 7.01. The molecule has 0 atom stereocenters. The van der Waals surface area contributed by atoms with Gasteiger partial charge in [-0.3, -0.25) is 0 Å². The van der Waals surface area contributed by atoms with E-state index in [2.05, 4.69) is 9.88 Å². The fraction of sp³-hybridized carbons (Fsp3) is 0.643. The van der Waals surface area contributed by atoms with Crippen LogP contribution in [-0.2, 0) is 6.18 Å². The molecule has 1 N–H and O–H groups in total. The van der Waals surface area contributed by atoms with Crippen molar-refractivity contribution in [3.8, 4) is 0 Å². The monoisotopic (exact) mass is 303 g/mol. The zero-order valence-corrected chi connectivity index (χ0v) is 12.0. The van der Waals surface area contributed by atoms with Gasteiger partial charge >= 0.3 is 6.18 Å². The van der Waals surface area contributed by atoms with E-state index < -0.39 is 11.7 Å². The maximum absolute atomic E-state index is 12.7. The summed E-state index contributed by atoms with van der Waals surface area (Å²) in [5, 5.41) is 8.94. The van der Waals surface area contributed by atoms with Gasteiger partial charge in [0.15, 0.2) is 0 Å². The average molecular weight is 303 g/mol. The van der Waals surface area contributed by atoms with Crippen molar-refractivity contribution < 1.29 is 18.3 Å². The van der Waals surface area contributed by atoms with Gasteiger partial charge in [-0.25, -0.2) is 4.98 Å². The van der Waals surface area contributed by atoms with E-state index in [0.717, 1.165) is 25.0 Å². The van der Waals surface area contributed by atoms with Crippen molar-refractivity contribution in [1.82, 2.24) is 9.88 Å². The molecular formula is C14H20F3N3O. The zero-order chi connectivity index (χ0) is 15.5. The maximum atomic E-state index is 12.7. The van der Waals surface area contributed by atoms with Crippen molar-refractivity contribution in [2.24, 2.45) is 0 Å². The molecular weight excluding hydrogens is 283 g/mol. The van der Waals surface area contributed by atoms with E-state index in [1.165, 1.54) is 6.20 Å². The van der Waals surface area contributed by atoms with E-state index in [1.54, 1.807) is 0 Å². The molecule has 4 nitrogen and oxygen atoms in total. The van der Waals surface area contributed by atoms with E-state index >= 15 is 0 Å². The lowest BCUT2D eigenvalue weighted by Gasteiger charge is -2.37. The van der Waals surface area contributed by atoms with Crippen LogP contribution in [0.1, 0.15) is 18.4 Å². The molecule has 0 amide bonds. The van der Waals surface area contributed by atoms with Crippen LogP contribution in [0.25, 0.3) is 0 Å². The number of likely N-dealkylation sites (N-methyl/N-ethyl adjacent to an activating group) is 1. The molecule has 2 rings (SSSR count). The molecule has 1 aromatic heterocycles. The summed E-state index contributed by atoms with van der Waals surface area (Å²) in [6, 6.07) is 2.46. The molecule has 0 spiro atoms. The van der Waals surface area contributed by atoms with Gasteiger partial charge in [0.1, 0.15) is 5.82 Å². The second-order valence-electron chi connectivity index (χ2n) is 5.32. The van der Waals surface area contributed by atoms with Crippen molar-refractivity contribution in [2.45, 2.75) is 25.1 Å². The Balaban J connectivity index is 1.99. The smallest absolute Gasteiger partial charge is 0.395 e. The van der Waals surface area contributed by atoms with E-state index in [1.807, 2.05) is 11.9 Å². The Bertz CT molecular complexity index is 459. The molecule has 1 fully saturated rings. The SMILES string of the molecule is CN(CCO)C1CCN(c2cc(C(F)(F)F)ccn2)CC1. The summed E-state index contributed by atoms with van der Waals surface area (Å²) in [6.07, 6.45) is -1.41. The highest BCUT2D eigenvalue weighted by molar-refractivity contribution is 5.42. The number of nitrogens with zero attached hydrogens (tertiary/aromatic N) is 3. The lowest BCUT2D eigenvalue weighted by Crippen LogP contribution is -2.44. The first kappa shape index (κ1) is 16.0. The largest absolute Gasteiger partial charge is 0.416 e. The number of hydrogen-bond acceptors (Lipinski definition) is 4. The number of aliphatic hydroxyl groups excluding tert-OH is 1. The number of piperidine rings is 1. The topological polar surface area (TPSA) is 39.6 Å². The van der Waals surface area contributed by atoms with Crippen molar-refractivity contribution in [3.63, 3.8) is 0 Å². The number of rotatable bonds is 4. The number of aliphatic hydroxyl groups is 1. The molecule has 0 saturated carbocycles. The normalized spacial score (nSPS) is 17.5. The molecule has 0 bridgehead atoms. The fourth-order valence-corrected chi connectivity index (χ4v) is 2.64. The average Bonchev–Trinajstić information content (AvgIpc) is 2.47. The van der Waals surface area contributed by atoms with E-state index in [9.17, 15) is 13.2 Å². The summed E-state index contributed by atoms with van der Waals surface area (Å²) in [5.74, 6) is 0.382. The van der Waals surface area contributed by atoms with Crippen LogP contribution in [0.3, 0.4) is 0 Å². The molecule has 1 aliphatic rings. The van der Waals surface area contributed by atoms with Crippen molar-refractivity contribution in [2.75, 3.05) is 38.2 Å². The summed E-state index contributed by atoms with van der Waals surface area (Å²) in [7, 11) is 1.96. The fourth-order valence-electron chi connectivity index (χ4n) is 2.64. The van der Waals surface area contributed by atoms with Gasteiger partial charge in [0, 0.05) is 31.9 Å². The van der Waals surface area contributed by atoms with Gasteiger partial charge < -0.3 is 14.9 Å². The summed E-state index contributed by atoms with van der Waals surface area (Å²) < 4.78 is 38.1. The van der Waals surface area contributed by atoms with Gasteiger partial charge in [0.25, 0.3) is 0 Å². The third-order valence-corrected chi connectivity index (χ3v) is 3.94. The lowest BCUT2D eigenvalue weighted by atomic mass is 10.0. The Morgan fingerprint density at radius 3 is 2.62 bits per heavy atom. The van der Waals surface area contributed by atoms with Crippen molar-refractivity contribution >= 4 is 5.82 Å². The molecule has 7 heteroatoms. The highest BCUT2D eigenvalue weighted by Crippen LogP contribution is 2.31. The number of anilines is 1. The molecule has 21 heavy (non-hydrogen) atoms. The molecule has 1 aliphatic heterocycles. The van der Waals surface area contributed by atoms with Crippen LogP contribution >= 0.6 is 0 Å². The lowest BCUT2D eigenvalue weighted by molar-refractivity contribution is -0.137. The summed E-state index contributed by atoms with van der Waals surface area (Å²) in [6.45, 7) is 2.09. The highest BCUT2D eigenvalue weighted by Gasteiger charge is 2.31. The number of halogens is 3. The van der Waals surface area contributed by atoms with Crippen LogP contribution in [0.15, 0.2) is 18.3 Å². The molecule has 0 radical (unpaired) electrons. The Hall–Kier alpha value is -1.34. The molecule has 0 aliphatic carbocycles. The van der Waals surface area contributed by atoms with Gasteiger partial charge in [-0.15, -0.1) is 0 Å². The van der Waals surface area contributed by atoms with Crippen LogP contribution in [0, 0.1) is 0 Å². The van der Waals surface area contributed by atoms with Crippen LogP contribution in [0.2, 0.25) is 0 Å². The Labute approximate surface area is 122 Å². The number of pyridine rings is 1. The van der Waals surface area contributed by atoms with Crippen molar-refractivity contribution in [1.29, 1.82) is 0 Å². The van der Waals surface area contributed by atoms with Gasteiger partial charge in [-0.2, -0.15) is 13.2 Å². The summed E-state index contributed by atoms with van der Waals surface area (Å²) in [4.78, 5) is 8.04. The predicted molar refractivity (Wildman–Crippen MR) is 74.2 cm³/mol. The van der Waals surface area contributed by atoms with Gasteiger partial charge in [-0.1, -0.05) is 0 Å². The minimum atomic E-state index is -4.34. The molecule has 0 aromatic carbocycles. The number of hydrogen-bond donors (Lipinski definition) is 1. The zero-order valence-electron chi connectivity index (χ0n) is 12.0. The van der Waals surface area contributed by atoms with Crippen LogP contribution in [0.5, 0.6) is 0 Å². The van der Waals surface area contributed by atoms with E-state index in [-0.39, 0.29) is 6.61 Å². The minimum Gasteiger partial charge on any atom is -0.395 e. The second-order valence-corrected chi connectivity index (χ2v) is 5.32. The standard InChI is InChI=1S/C14H20F3N3O/c1-19(8-9-21)12-3-6-20(7-4-12)13-10-11(2-5-18-13)14(15,16)17/h2,5,10,12,21H,3-4,6-9H2,1H3. The Morgan fingerprint density at radius 1 is 1.38 bits per heavy atom.